The lowest BCUT2D eigenvalue weighted by molar-refractivity contribution is 0.280. The first-order chi connectivity index (χ1) is 14.1. The van der Waals surface area contributed by atoms with Crippen molar-refractivity contribution in [3.8, 4) is 22.9 Å². The summed E-state index contributed by atoms with van der Waals surface area (Å²) in [5.41, 5.74) is 1.29. The standard InChI is InChI=1S/C22H16ClFN2O3/c1-28-20-11-13(21-25-18-8-3-2-5-14(18)22(27)26-21)9-10-19(20)29-12-15-16(23)6-4-7-17(15)24/h2-11H,12H2,1H3,(H,25,26,27). The molecule has 3 aromatic carbocycles. The SMILES string of the molecule is COc1cc(-c2nc3ccccc3c(=O)[nH]2)ccc1OCc1c(F)cccc1Cl. The van der Waals surface area contributed by atoms with Crippen LogP contribution in [0.5, 0.6) is 11.5 Å². The number of nitrogens with one attached hydrogen (secondary N) is 1. The molecule has 0 radical (unpaired) electrons. The van der Waals surface area contributed by atoms with Gasteiger partial charge in [-0.3, -0.25) is 4.79 Å². The van der Waals surface area contributed by atoms with Crippen LogP contribution in [0.4, 0.5) is 4.39 Å². The summed E-state index contributed by atoms with van der Waals surface area (Å²) in [7, 11) is 1.50. The van der Waals surface area contributed by atoms with E-state index in [4.69, 9.17) is 21.1 Å². The summed E-state index contributed by atoms with van der Waals surface area (Å²) in [5.74, 6) is 0.811. The Morgan fingerprint density at radius 2 is 1.90 bits per heavy atom. The Kier molecular flexibility index (Phi) is 5.18. The number of ether oxygens (including phenoxy) is 2. The molecule has 0 fully saturated rings. The van der Waals surface area contributed by atoms with E-state index >= 15 is 0 Å². The third kappa shape index (κ3) is 3.79. The van der Waals surface area contributed by atoms with Gasteiger partial charge in [0.1, 0.15) is 18.2 Å². The monoisotopic (exact) mass is 410 g/mol. The Hall–Kier alpha value is -3.38. The van der Waals surface area contributed by atoms with Gasteiger partial charge in [-0.25, -0.2) is 9.37 Å². The molecule has 0 saturated heterocycles. The van der Waals surface area contributed by atoms with Crippen molar-refractivity contribution < 1.29 is 13.9 Å². The summed E-state index contributed by atoms with van der Waals surface area (Å²) in [6.07, 6.45) is 0. The van der Waals surface area contributed by atoms with Crippen LogP contribution in [0, 0.1) is 5.82 Å². The van der Waals surface area contributed by atoms with Crippen molar-refractivity contribution in [3.05, 3.63) is 87.4 Å². The van der Waals surface area contributed by atoms with Crippen molar-refractivity contribution >= 4 is 22.5 Å². The van der Waals surface area contributed by atoms with E-state index < -0.39 is 5.82 Å². The van der Waals surface area contributed by atoms with Gasteiger partial charge in [-0.2, -0.15) is 0 Å². The number of hydrogen-bond donors (Lipinski definition) is 1. The molecule has 1 heterocycles. The number of aromatic nitrogens is 2. The highest BCUT2D eigenvalue weighted by atomic mass is 35.5. The molecule has 0 aliphatic heterocycles. The van der Waals surface area contributed by atoms with Gasteiger partial charge < -0.3 is 14.5 Å². The molecule has 1 N–H and O–H groups in total. The van der Waals surface area contributed by atoms with E-state index in [9.17, 15) is 9.18 Å². The fraction of sp³-hybridized carbons (Fsp3) is 0.0909. The molecule has 5 nitrogen and oxygen atoms in total. The largest absolute Gasteiger partial charge is 0.493 e. The lowest BCUT2D eigenvalue weighted by Gasteiger charge is -2.13. The summed E-state index contributed by atoms with van der Waals surface area (Å²) >= 11 is 6.04. The van der Waals surface area contributed by atoms with Gasteiger partial charge in [0.2, 0.25) is 0 Å². The highest BCUT2D eigenvalue weighted by Gasteiger charge is 2.13. The van der Waals surface area contributed by atoms with Crippen LogP contribution in [0.2, 0.25) is 5.02 Å². The van der Waals surface area contributed by atoms with E-state index in [1.165, 1.54) is 19.2 Å². The number of H-pyrrole nitrogens is 1. The number of aromatic amines is 1. The van der Waals surface area contributed by atoms with Crippen LogP contribution in [-0.4, -0.2) is 17.1 Å². The van der Waals surface area contributed by atoms with Crippen LogP contribution in [-0.2, 0) is 6.61 Å². The van der Waals surface area contributed by atoms with E-state index in [2.05, 4.69) is 9.97 Å². The third-order valence-corrected chi connectivity index (χ3v) is 4.84. The van der Waals surface area contributed by atoms with Gasteiger partial charge in [0.15, 0.2) is 11.5 Å². The van der Waals surface area contributed by atoms with Crippen molar-refractivity contribution in [2.75, 3.05) is 7.11 Å². The van der Waals surface area contributed by atoms with Crippen molar-refractivity contribution in [1.29, 1.82) is 0 Å². The van der Waals surface area contributed by atoms with Gasteiger partial charge in [0, 0.05) is 11.1 Å². The second-order valence-corrected chi connectivity index (χ2v) is 6.69. The molecular formula is C22H16ClFN2O3. The molecule has 4 rings (SSSR count). The Morgan fingerprint density at radius 1 is 1.07 bits per heavy atom. The van der Waals surface area contributed by atoms with E-state index in [0.29, 0.717) is 38.8 Å². The summed E-state index contributed by atoms with van der Waals surface area (Å²) in [5, 5.41) is 0.809. The first-order valence-electron chi connectivity index (χ1n) is 8.80. The molecule has 29 heavy (non-hydrogen) atoms. The Morgan fingerprint density at radius 3 is 2.69 bits per heavy atom. The maximum absolute atomic E-state index is 13.9. The maximum atomic E-state index is 13.9. The van der Waals surface area contributed by atoms with E-state index in [1.807, 2.05) is 6.07 Å². The second kappa shape index (κ2) is 7.93. The smallest absolute Gasteiger partial charge is 0.259 e. The van der Waals surface area contributed by atoms with E-state index in [-0.39, 0.29) is 17.7 Å². The van der Waals surface area contributed by atoms with E-state index in [0.717, 1.165) is 0 Å². The molecule has 7 heteroatoms. The molecule has 0 bridgehead atoms. The average Bonchev–Trinajstić information content (AvgIpc) is 2.73. The highest BCUT2D eigenvalue weighted by Crippen LogP contribution is 2.32. The minimum absolute atomic E-state index is 0.0493. The number of rotatable bonds is 5. The third-order valence-electron chi connectivity index (χ3n) is 4.48. The number of methoxy groups -OCH3 is 1. The molecule has 0 aliphatic rings. The number of hydrogen-bond acceptors (Lipinski definition) is 4. The maximum Gasteiger partial charge on any atom is 0.259 e. The lowest BCUT2D eigenvalue weighted by atomic mass is 10.1. The zero-order chi connectivity index (χ0) is 20.4. The molecule has 0 amide bonds. The fourth-order valence-corrected chi connectivity index (χ4v) is 3.19. The molecule has 0 aliphatic carbocycles. The minimum atomic E-state index is -0.439. The zero-order valence-electron chi connectivity index (χ0n) is 15.4. The van der Waals surface area contributed by atoms with Gasteiger partial charge in [-0.05, 0) is 42.5 Å². The summed E-state index contributed by atoms with van der Waals surface area (Å²) in [6, 6.07) is 16.7. The molecule has 0 atom stereocenters. The zero-order valence-corrected chi connectivity index (χ0v) is 16.2. The molecule has 4 aromatic rings. The molecule has 0 unspecified atom stereocenters. The topological polar surface area (TPSA) is 64.2 Å². The van der Waals surface area contributed by atoms with Crippen molar-refractivity contribution in [2.24, 2.45) is 0 Å². The Balaban J connectivity index is 1.66. The molecule has 1 aromatic heterocycles. The first kappa shape index (κ1) is 19.0. The molecular weight excluding hydrogens is 395 g/mol. The highest BCUT2D eigenvalue weighted by molar-refractivity contribution is 6.31. The van der Waals surface area contributed by atoms with Crippen LogP contribution >= 0.6 is 11.6 Å². The normalized spacial score (nSPS) is 10.9. The van der Waals surface area contributed by atoms with Gasteiger partial charge in [-0.15, -0.1) is 0 Å². The Bertz CT molecular complexity index is 1240. The number of halogens is 2. The van der Waals surface area contributed by atoms with Crippen LogP contribution in [0.3, 0.4) is 0 Å². The first-order valence-corrected chi connectivity index (χ1v) is 9.18. The van der Waals surface area contributed by atoms with Crippen LogP contribution < -0.4 is 15.0 Å². The van der Waals surface area contributed by atoms with Gasteiger partial charge in [-0.1, -0.05) is 29.8 Å². The number of fused-ring (bicyclic) bond motifs is 1. The predicted molar refractivity (Wildman–Crippen MR) is 110 cm³/mol. The summed E-state index contributed by atoms with van der Waals surface area (Å²) in [4.78, 5) is 19.6. The van der Waals surface area contributed by atoms with Gasteiger partial charge in [0.05, 0.1) is 23.0 Å². The lowest BCUT2D eigenvalue weighted by Crippen LogP contribution is -2.09. The van der Waals surface area contributed by atoms with Gasteiger partial charge >= 0.3 is 0 Å². The molecule has 146 valence electrons. The number of para-hydroxylation sites is 1. The van der Waals surface area contributed by atoms with Crippen LogP contribution in [0.15, 0.2) is 65.5 Å². The quantitative estimate of drug-likeness (QED) is 0.504. The van der Waals surface area contributed by atoms with Crippen LogP contribution in [0.25, 0.3) is 22.3 Å². The van der Waals surface area contributed by atoms with Crippen molar-refractivity contribution in [2.45, 2.75) is 6.61 Å². The predicted octanol–water partition coefficient (Wildman–Crippen LogP) is 4.97. The average molecular weight is 411 g/mol. The Labute approximate surface area is 170 Å². The summed E-state index contributed by atoms with van der Waals surface area (Å²) in [6.45, 7) is -0.0493. The second-order valence-electron chi connectivity index (χ2n) is 6.29. The van der Waals surface area contributed by atoms with E-state index in [1.54, 1.807) is 42.5 Å². The summed E-state index contributed by atoms with van der Waals surface area (Å²) < 4.78 is 25.1. The van der Waals surface area contributed by atoms with Crippen LogP contribution in [0.1, 0.15) is 5.56 Å². The molecule has 0 spiro atoms. The number of nitrogens with zero attached hydrogens (tertiary/aromatic N) is 1. The fourth-order valence-electron chi connectivity index (χ4n) is 2.98. The van der Waals surface area contributed by atoms with Gasteiger partial charge in [0.25, 0.3) is 5.56 Å². The van der Waals surface area contributed by atoms with Crippen molar-refractivity contribution in [1.82, 2.24) is 9.97 Å². The van der Waals surface area contributed by atoms with Crippen molar-refractivity contribution in [3.63, 3.8) is 0 Å². The minimum Gasteiger partial charge on any atom is -0.493 e. The number of benzene rings is 3. The molecule has 0 saturated carbocycles.